The van der Waals surface area contributed by atoms with Gasteiger partial charge in [0.05, 0.1) is 20.9 Å². The highest BCUT2D eigenvalue weighted by Gasteiger charge is 2.32. The van der Waals surface area contributed by atoms with E-state index in [1.807, 2.05) is 6.07 Å². The van der Waals surface area contributed by atoms with Crippen molar-refractivity contribution in [2.75, 3.05) is 10.6 Å². The van der Waals surface area contributed by atoms with Gasteiger partial charge in [-0.2, -0.15) is 5.26 Å². The van der Waals surface area contributed by atoms with E-state index < -0.39 is 23.8 Å². The lowest BCUT2D eigenvalue weighted by molar-refractivity contribution is -0.274. The molecule has 0 unspecified atom stereocenters. The topological polar surface area (TPSA) is 113 Å². The summed E-state index contributed by atoms with van der Waals surface area (Å²) in [7, 11) is 0. The fourth-order valence-corrected chi connectivity index (χ4v) is 4.77. The van der Waals surface area contributed by atoms with Crippen LogP contribution in [0.15, 0.2) is 48.5 Å². The van der Waals surface area contributed by atoms with E-state index in [1.54, 1.807) is 6.07 Å². The van der Waals surface area contributed by atoms with Gasteiger partial charge in [0.15, 0.2) is 5.13 Å². The smallest absolute Gasteiger partial charge is 0.454 e. The molecular weight excluding hydrogens is 576 g/mol. The van der Waals surface area contributed by atoms with Crippen LogP contribution in [0.25, 0.3) is 10.2 Å². The minimum Gasteiger partial charge on any atom is -0.454 e. The lowest BCUT2D eigenvalue weighted by Gasteiger charge is -2.13. The average Bonchev–Trinajstić information content (AvgIpc) is 3.66. The highest BCUT2D eigenvalue weighted by molar-refractivity contribution is 7.22. The third-order valence-corrected chi connectivity index (χ3v) is 6.93. The van der Waals surface area contributed by atoms with Crippen LogP contribution in [0.2, 0.25) is 5.02 Å². The van der Waals surface area contributed by atoms with Crippen LogP contribution in [0, 0.1) is 23.1 Å². The quantitative estimate of drug-likeness (QED) is 0.219. The fraction of sp³-hybridized carbons (Fsp3) is 0.154. The van der Waals surface area contributed by atoms with Gasteiger partial charge in [0.2, 0.25) is 5.91 Å². The number of benzene rings is 3. The lowest BCUT2D eigenvalue weighted by atomic mass is 10.2. The van der Waals surface area contributed by atoms with Crippen LogP contribution < -0.4 is 20.1 Å². The Hall–Kier alpha value is -4.41. The van der Waals surface area contributed by atoms with Crippen LogP contribution in [0.4, 0.5) is 28.4 Å². The third kappa shape index (κ3) is 6.08. The predicted molar refractivity (Wildman–Crippen MR) is 138 cm³/mol. The van der Waals surface area contributed by atoms with Gasteiger partial charge in [-0.15, -0.1) is 13.2 Å². The van der Waals surface area contributed by atoms with Crippen LogP contribution in [0.1, 0.15) is 28.8 Å². The van der Waals surface area contributed by atoms with Gasteiger partial charge in [-0.05, 0) is 49.2 Å². The third-order valence-electron chi connectivity index (χ3n) is 5.63. The van der Waals surface area contributed by atoms with Crippen LogP contribution in [0.3, 0.4) is 0 Å². The number of halogens is 5. The highest BCUT2D eigenvalue weighted by Crippen LogP contribution is 2.40. The zero-order chi connectivity index (χ0) is 28.6. The highest BCUT2D eigenvalue weighted by atomic mass is 35.5. The molecule has 0 spiro atoms. The molecule has 4 aromatic rings. The van der Waals surface area contributed by atoms with Crippen molar-refractivity contribution >= 4 is 55.8 Å². The van der Waals surface area contributed by atoms with Gasteiger partial charge >= 0.3 is 6.36 Å². The molecule has 0 atom stereocenters. The maximum atomic E-state index is 14.6. The Balaban J connectivity index is 1.39. The summed E-state index contributed by atoms with van der Waals surface area (Å²) in [5, 5.41) is 15.0. The number of fused-ring (bicyclic) bond motifs is 1. The van der Waals surface area contributed by atoms with Gasteiger partial charge in [0.1, 0.15) is 34.7 Å². The normalized spacial score (nSPS) is 13.0. The van der Waals surface area contributed by atoms with Gasteiger partial charge in [-0.3, -0.25) is 9.59 Å². The largest absolute Gasteiger partial charge is 0.573 e. The van der Waals surface area contributed by atoms with E-state index >= 15 is 0 Å². The molecule has 2 N–H and O–H groups in total. The number of hydrogen-bond donors (Lipinski definition) is 2. The Labute approximate surface area is 232 Å². The van der Waals surface area contributed by atoms with Crippen LogP contribution in [0.5, 0.6) is 17.2 Å². The van der Waals surface area contributed by atoms with Crippen molar-refractivity contribution in [3.8, 4) is 23.3 Å². The first-order valence-electron chi connectivity index (χ1n) is 11.5. The van der Waals surface area contributed by atoms with E-state index in [1.165, 1.54) is 18.2 Å². The Morgan fingerprint density at radius 2 is 1.88 bits per heavy atom. The molecule has 5 rings (SSSR count). The summed E-state index contributed by atoms with van der Waals surface area (Å²) in [5.74, 6) is -2.72. The van der Waals surface area contributed by atoms with E-state index in [0.717, 1.165) is 48.4 Å². The first kappa shape index (κ1) is 27.2. The van der Waals surface area contributed by atoms with E-state index in [0.29, 0.717) is 15.3 Å². The van der Waals surface area contributed by atoms with Crippen molar-refractivity contribution in [1.82, 2.24) is 4.98 Å². The molecule has 14 heteroatoms. The summed E-state index contributed by atoms with van der Waals surface area (Å²) in [4.78, 5) is 29.1. The number of thiazole rings is 1. The Kier molecular flexibility index (Phi) is 7.22. The van der Waals surface area contributed by atoms with Crippen LogP contribution >= 0.6 is 22.9 Å². The minimum absolute atomic E-state index is 0.0335. The van der Waals surface area contributed by atoms with E-state index in [-0.39, 0.29) is 45.2 Å². The van der Waals surface area contributed by atoms with Crippen molar-refractivity contribution in [3.63, 3.8) is 0 Å². The summed E-state index contributed by atoms with van der Waals surface area (Å²) in [6.45, 7) is 0. The van der Waals surface area contributed by atoms with Gasteiger partial charge in [-0.25, -0.2) is 9.37 Å². The number of ether oxygens (including phenoxy) is 2. The number of amides is 2. The van der Waals surface area contributed by atoms with Crippen LogP contribution in [-0.2, 0) is 4.79 Å². The van der Waals surface area contributed by atoms with Crippen molar-refractivity contribution in [3.05, 3.63) is 70.5 Å². The fourth-order valence-electron chi connectivity index (χ4n) is 3.62. The minimum atomic E-state index is -4.96. The molecule has 1 aliphatic carbocycles. The van der Waals surface area contributed by atoms with Crippen LogP contribution in [-0.4, -0.2) is 23.2 Å². The molecule has 1 aromatic heterocycles. The molecule has 1 aliphatic rings. The number of nitrogens with one attached hydrogen (secondary N) is 2. The molecule has 2 amide bonds. The molecule has 8 nitrogen and oxygen atoms in total. The number of aromatic nitrogens is 1. The zero-order valence-corrected chi connectivity index (χ0v) is 21.5. The van der Waals surface area contributed by atoms with E-state index in [9.17, 15) is 32.4 Å². The number of nitriles is 1. The first-order chi connectivity index (χ1) is 19.0. The molecule has 3 aromatic carbocycles. The number of carbonyl (C=O) groups excluding carboxylic acids is 2. The maximum absolute atomic E-state index is 14.6. The summed E-state index contributed by atoms with van der Waals surface area (Å²) < 4.78 is 62.3. The molecule has 0 saturated heterocycles. The van der Waals surface area contributed by atoms with Crippen molar-refractivity contribution in [2.45, 2.75) is 19.2 Å². The summed E-state index contributed by atoms with van der Waals surface area (Å²) >= 11 is 7.25. The first-order valence-corrected chi connectivity index (χ1v) is 12.7. The van der Waals surface area contributed by atoms with Crippen molar-refractivity contribution < 1.29 is 36.6 Å². The molecule has 0 bridgehead atoms. The Bertz CT molecular complexity index is 1700. The van der Waals surface area contributed by atoms with Gasteiger partial charge in [0, 0.05) is 17.5 Å². The lowest BCUT2D eigenvalue weighted by Crippen LogP contribution is -2.18. The molecule has 0 radical (unpaired) electrons. The number of alkyl halides is 3. The molecule has 1 heterocycles. The summed E-state index contributed by atoms with van der Waals surface area (Å²) in [5.41, 5.74) is -0.0659. The predicted octanol–water partition coefficient (Wildman–Crippen LogP) is 7.25. The average molecular weight is 591 g/mol. The summed E-state index contributed by atoms with van der Waals surface area (Å²) in [6.07, 6.45) is -3.32. The SMILES string of the molecule is N#Cc1c(Oc2cc(NC(=O)c3cccc(OC(F)(F)F)c3)c(F)cc2Cl)ccc2nc(NC(=O)C3CC3)sc12. The standard InChI is InChI=1S/C26H15ClF4N4O4S/c27-16-9-17(28)19(33-24(37)13-2-1-3-14(8-13)39-26(29,30)31)10-21(16)38-20-7-6-18-22(15(20)11-32)40-25(34-18)35-23(36)12-4-5-12/h1-3,6-10,12H,4-5H2,(H,33,37)(H,34,35,36). The van der Waals surface area contributed by atoms with Gasteiger partial charge in [0.25, 0.3) is 5.91 Å². The van der Waals surface area contributed by atoms with Crippen molar-refractivity contribution in [2.24, 2.45) is 5.92 Å². The second-order valence-corrected chi connectivity index (χ2v) is 9.98. The number of rotatable bonds is 7. The second-order valence-electron chi connectivity index (χ2n) is 8.58. The number of hydrogen-bond acceptors (Lipinski definition) is 7. The number of carbonyl (C=O) groups is 2. The molecule has 40 heavy (non-hydrogen) atoms. The Morgan fingerprint density at radius 3 is 2.58 bits per heavy atom. The number of anilines is 2. The molecule has 1 fully saturated rings. The van der Waals surface area contributed by atoms with Gasteiger partial charge in [-0.1, -0.05) is 29.0 Å². The number of nitrogens with zero attached hydrogens (tertiary/aromatic N) is 2. The van der Waals surface area contributed by atoms with Gasteiger partial charge < -0.3 is 20.1 Å². The van der Waals surface area contributed by atoms with Crippen molar-refractivity contribution in [1.29, 1.82) is 5.26 Å². The second kappa shape index (κ2) is 10.6. The monoisotopic (exact) mass is 590 g/mol. The van der Waals surface area contributed by atoms with E-state index in [2.05, 4.69) is 20.4 Å². The molecule has 0 aliphatic heterocycles. The zero-order valence-electron chi connectivity index (χ0n) is 19.9. The Morgan fingerprint density at radius 1 is 1.10 bits per heavy atom. The molecule has 204 valence electrons. The van der Waals surface area contributed by atoms with E-state index in [4.69, 9.17) is 16.3 Å². The summed E-state index contributed by atoms with van der Waals surface area (Å²) in [6, 6.07) is 11.3. The molecular formula is C26H15ClF4N4O4S. The molecule has 1 saturated carbocycles. The maximum Gasteiger partial charge on any atom is 0.573 e.